The second-order valence-electron chi connectivity index (χ2n) is 7.47. The van der Waals surface area contributed by atoms with E-state index >= 15 is 0 Å². The Morgan fingerprint density at radius 1 is 0.846 bits per heavy atom. The summed E-state index contributed by atoms with van der Waals surface area (Å²) in [5.41, 5.74) is 6.19. The molecule has 0 saturated heterocycles. The Morgan fingerprint density at radius 2 is 1.62 bits per heavy atom. The van der Waals surface area contributed by atoms with Crippen LogP contribution in [0, 0.1) is 0 Å². The summed E-state index contributed by atoms with van der Waals surface area (Å²) in [6, 6.07) is 22.8. The van der Waals surface area contributed by atoms with Gasteiger partial charge < -0.3 is 5.11 Å². The molecule has 1 aliphatic rings. The summed E-state index contributed by atoms with van der Waals surface area (Å²) in [6.07, 6.45) is 1.93. The SMILES string of the molecule is CC1(C)c2cc(-c3cccc4ccccc34)cnc2-c2c(O)cccc21. The second-order valence-corrected chi connectivity index (χ2v) is 7.47. The second kappa shape index (κ2) is 5.18. The number of nitrogens with zero attached hydrogens (tertiary/aromatic N) is 1. The predicted molar refractivity (Wildman–Crippen MR) is 106 cm³/mol. The van der Waals surface area contributed by atoms with Crippen LogP contribution in [0.1, 0.15) is 25.0 Å². The molecular formula is C24H19NO. The predicted octanol–water partition coefficient (Wildman–Crippen LogP) is 5.91. The first kappa shape index (κ1) is 15.2. The van der Waals surface area contributed by atoms with Gasteiger partial charge in [0.05, 0.1) is 5.69 Å². The van der Waals surface area contributed by atoms with Crippen molar-refractivity contribution in [3.63, 3.8) is 0 Å². The van der Waals surface area contributed by atoms with E-state index in [2.05, 4.69) is 68.4 Å². The lowest BCUT2D eigenvalue weighted by molar-refractivity contribution is 0.476. The van der Waals surface area contributed by atoms with Gasteiger partial charge in [-0.25, -0.2) is 0 Å². The molecule has 0 saturated carbocycles. The average Bonchev–Trinajstić information content (AvgIpc) is 2.89. The molecule has 0 radical (unpaired) electrons. The van der Waals surface area contributed by atoms with E-state index in [9.17, 15) is 5.11 Å². The zero-order valence-corrected chi connectivity index (χ0v) is 14.8. The van der Waals surface area contributed by atoms with Crippen LogP contribution in [0.2, 0.25) is 0 Å². The summed E-state index contributed by atoms with van der Waals surface area (Å²) in [5.74, 6) is 0.305. The third-order valence-electron chi connectivity index (χ3n) is 5.61. The summed E-state index contributed by atoms with van der Waals surface area (Å²) in [6.45, 7) is 4.40. The van der Waals surface area contributed by atoms with E-state index in [0.29, 0.717) is 5.75 Å². The molecule has 26 heavy (non-hydrogen) atoms. The third kappa shape index (κ3) is 1.96. The molecule has 1 N–H and O–H groups in total. The number of aromatic nitrogens is 1. The number of rotatable bonds is 1. The standard InChI is InChI=1S/C24H19NO/c1-24(2)19-11-6-12-21(26)22(19)23-20(24)13-16(14-25-23)18-10-5-8-15-7-3-4-9-17(15)18/h3-14,26H,1-2H3. The van der Waals surface area contributed by atoms with Crippen LogP contribution in [0.25, 0.3) is 33.2 Å². The zero-order valence-electron chi connectivity index (χ0n) is 14.8. The van der Waals surface area contributed by atoms with Gasteiger partial charge in [0.2, 0.25) is 0 Å². The Morgan fingerprint density at radius 3 is 2.50 bits per heavy atom. The molecule has 0 unspecified atom stereocenters. The first-order valence-electron chi connectivity index (χ1n) is 8.89. The first-order chi connectivity index (χ1) is 12.6. The van der Waals surface area contributed by atoms with Crippen LogP contribution in [0.4, 0.5) is 0 Å². The van der Waals surface area contributed by atoms with Gasteiger partial charge >= 0.3 is 0 Å². The largest absolute Gasteiger partial charge is 0.507 e. The Balaban J connectivity index is 1.77. The van der Waals surface area contributed by atoms with Gasteiger partial charge in [-0.2, -0.15) is 0 Å². The molecule has 3 aromatic carbocycles. The van der Waals surface area contributed by atoms with Crippen molar-refractivity contribution in [2.45, 2.75) is 19.3 Å². The van der Waals surface area contributed by atoms with Gasteiger partial charge in [0, 0.05) is 22.7 Å². The lowest BCUT2D eigenvalue weighted by Gasteiger charge is -2.21. The van der Waals surface area contributed by atoms with Crippen LogP contribution in [0.15, 0.2) is 72.9 Å². The maximum Gasteiger partial charge on any atom is 0.125 e. The summed E-state index contributed by atoms with van der Waals surface area (Å²) < 4.78 is 0. The molecule has 0 aliphatic heterocycles. The number of phenols is 1. The van der Waals surface area contributed by atoms with E-state index < -0.39 is 0 Å². The number of hydrogen-bond donors (Lipinski definition) is 1. The quantitative estimate of drug-likeness (QED) is 0.468. The van der Waals surface area contributed by atoms with E-state index in [0.717, 1.165) is 22.4 Å². The van der Waals surface area contributed by atoms with Crippen LogP contribution < -0.4 is 0 Å². The van der Waals surface area contributed by atoms with Crippen molar-refractivity contribution >= 4 is 10.8 Å². The fourth-order valence-corrected chi connectivity index (χ4v) is 4.22. The van der Waals surface area contributed by atoms with Gasteiger partial charge in [0.1, 0.15) is 5.75 Å². The maximum atomic E-state index is 10.4. The number of hydrogen-bond acceptors (Lipinski definition) is 2. The van der Waals surface area contributed by atoms with E-state index in [1.165, 1.54) is 21.9 Å². The van der Waals surface area contributed by atoms with Gasteiger partial charge in [-0.1, -0.05) is 68.4 Å². The number of fused-ring (bicyclic) bond motifs is 4. The first-order valence-corrected chi connectivity index (χ1v) is 8.89. The molecule has 1 aliphatic carbocycles. The van der Waals surface area contributed by atoms with Gasteiger partial charge in [-0.05, 0) is 39.6 Å². The van der Waals surface area contributed by atoms with Gasteiger partial charge in [0.25, 0.3) is 0 Å². The minimum absolute atomic E-state index is 0.184. The minimum atomic E-state index is -0.184. The number of aromatic hydroxyl groups is 1. The van der Waals surface area contributed by atoms with Crippen molar-refractivity contribution in [3.05, 3.63) is 84.1 Å². The molecule has 1 heterocycles. The molecule has 5 rings (SSSR count). The monoisotopic (exact) mass is 337 g/mol. The van der Waals surface area contributed by atoms with Crippen molar-refractivity contribution in [2.75, 3.05) is 0 Å². The van der Waals surface area contributed by atoms with E-state index in [1.54, 1.807) is 6.07 Å². The molecule has 126 valence electrons. The highest BCUT2D eigenvalue weighted by molar-refractivity contribution is 5.97. The van der Waals surface area contributed by atoms with Crippen LogP contribution in [-0.2, 0) is 5.41 Å². The smallest absolute Gasteiger partial charge is 0.125 e. The number of benzene rings is 3. The molecule has 0 spiro atoms. The highest BCUT2D eigenvalue weighted by atomic mass is 16.3. The zero-order chi connectivity index (χ0) is 17.9. The molecule has 2 nitrogen and oxygen atoms in total. The van der Waals surface area contributed by atoms with Crippen LogP contribution in [0.5, 0.6) is 5.75 Å². The Labute approximate surface area is 152 Å². The molecule has 0 fully saturated rings. The molecule has 2 heteroatoms. The van der Waals surface area contributed by atoms with Crippen molar-refractivity contribution in [2.24, 2.45) is 0 Å². The van der Waals surface area contributed by atoms with Crippen LogP contribution >= 0.6 is 0 Å². The summed E-state index contributed by atoms with van der Waals surface area (Å²) >= 11 is 0. The fraction of sp³-hybridized carbons (Fsp3) is 0.125. The Bertz CT molecular complexity index is 1170. The minimum Gasteiger partial charge on any atom is -0.507 e. The lowest BCUT2D eigenvalue weighted by atomic mass is 9.82. The highest BCUT2D eigenvalue weighted by Gasteiger charge is 2.38. The number of phenolic OH excluding ortho intramolecular Hbond substituents is 1. The van der Waals surface area contributed by atoms with Gasteiger partial charge in [-0.3, -0.25) is 4.98 Å². The van der Waals surface area contributed by atoms with E-state index in [1.807, 2.05) is 12.3 Å². The van der Waals surface area contributed by atoms with Gasteiger partial charge in [0.15, 0.2) is 0 Å². The van der Waals surface area contributed by atoms with Crippen molar-refractivity contribution in [3.8, 4) is 28.1 Å². The van der Waals surface area contributed by atoms with E-state index in [-0.39, 0.29) is 5.41 Å². The summed E-state index contributed by atoms with van der Waals surface area (Å²) in [5, 5.41) is 12.9. The summed E-state index contributed by atoms with van der Waals surface area (Å²) in [4.78, 5) is 4.78. The maximum absolute atomic E-state index is 10.4. The van der Waals surface area contributed by atoms with Crippen molar-refractivity contribution in [1.29, 1.82) is 0 Å². The molecule has 4 aromatic rings. The van der Waals surface area contributed by atoms with Crippen molar-refractivity contribution < 1.29 is 5.11 Å². The molecule has 0 bridgehead atoms. The Kier molecular flexibility index (Phi) is 3.02. The topological polar surface area (TPSA) is 33.1 Å². The highest BCUT2D eigenvalue weighted by Crippen LogP contribution is 2.51. The normalized spacial score (nSPS) is 14.2. The summed E-state index contributed by atoms with van der Waals surface area (Å²) in [7, 11) is 0. The van der Waals surface area contributed by atoms with Crippen molar-refractivity contribution in [1.82, 2.24) is 4.98 Å². The van der Waals surface area contributed by atoms with Gasteiger partial charge in [-0.15, -0.1) is 0 Å². The van der Waals surface area contributed by atoms with Crippen LogP contribution in [-0.4, -0.2) is 10.1 Å². The fourth-order valence-electron chi connectivity index (χ4n) is 4.22. The average molecular weight is 337 g/mol. The molecule has 0 atom stereocenters. The molecular weight excluding hydrogens is 318 g/mol. The molecule has 0 amide bonds. The third-order valence-corrected chi connectivity index (χ3v) is 5.61. The number of pyridine rings is 1. The lowest BCUT2D eigenvalue weighted by Crippen LogP contribution is -2.15. The van der Waals surface area contributed by atoms with Crippen LogP contribution in [0.3, 0.4) is 0 Å². The van der Waals surface area contributed by atoms with E-state index in [4.69, 9.17) is 4.98 Å². The molecule has 1 aromatic heterocycles. The Hall–Kier alpha value is -3.13.